The summed E-state index contributed by atoms with van der Waals surface area (Å²) >= 11 is 0. The number of ether oxygens (including phenoxy) is 1. The second-order valence-corrected chi connectivity index (χ2v) is 5.75. The molecule has 1 aromatic carbocycles. The third-order valence-corrected chi connectivity index (χ3v) is 3.92. The molecule has 3 N–H and O–H groups in total. The van der Waals surface area contributed by atoms with Crippen molar-refractivity contribution in [3.05, 3.63) is 29.8 Å². The Morgan fingerprint density at radius 2 is 1.77 bits per heavy atom. The molecule has 0 saturated heterocycles. The van der Waals surface area contributed by atoms with E-state index >= 15 is 0 Å². The number of anilines is 1. The van der Waals surface area contributed by atoms with Crippen molar-refractivity contribution in [3.8, 4) is 0 Å². The summed E-state index contributed by atoms with van der Waals surface area (Å²) in [6.07, 6.45) is 8.32. The van der Waals surface area contributed by atoms with E-state index in [1.54, 1.807) is 0 Å². The molecule has 1 fully saturated rings. The smallest absolute Gasteiger partial charge is 0.224 e. The zero-order valence-electron chi connectivity index (χ0n) is 13.1. The molecule has 0 bridgehead atoms. The van der Waals surface area contributed by atoms with Gasteiger partial charge in [-0.3, -0.25) is 4.79 Å². The molecule has 1 aliphatic carbocycles. The zero-order chi connectivity index (χ0) is 14.9. The predicted molar refractivity (Wildman–Crippen MR) is 92.3 cm³/mol. The lowest BCUT2D eigenvalue weighted by Crippen LogP contribution is -2.30. The number of amides is 1. The summed E-state index contributed by atoms with van der Waals surface area (Å²) < 4.78 is 5.85. The molecule has 1 aliphatic rings. The van der Waals surface area contributed by atoms with E-state index in [4.69, 9.17) is 10.5 Å². The Labute approximate surface area is 139 Å². The number of rotatable bonds is 6. The number of carbonyl (C=O) groups is 1. The van der Waals surface area contributed by atoms with Gasteiger partial charge in [-0.25, -0.2) is 0 Å². The van der Waals surface area contributed by atoms with E-state index in [2.05, 4.69) is 5.32 Å². The maximum Gasteiger partial charge on any atom is 0.224 e. The summed E-state index contributed by atoms with van der Waals surface area (Å²) in [6.45, 7) is 1.20. The molecule has 124 valence electrons. The van der Waals surface area contributed by atoms with Crippen LogP contribution in [0.3, 0.4) is 0 Å². The second-order valence-electron chi connectivity index (χ2n) is 5.75. The molecular formula is C17H27ClN2O2. The SMILES string of the molecule is Cl.Nc1ccc(CC(=O)NCCOC2CCCCCC2)cc1. The minimum absolute atomic E-state index is 0. The van der Waals surface area contributed by atoms with Crippen molar-refractivity contribution in [1.82, 2.24) is 5.32 Å². The monoisotopic (exact) mass is 326 g/mol. The first-order valence-electron chi connectivity index (χ1n) is 7.97. The Morgan fingerprint density at radius 3 is 2.41 bits per heavy atom. The van der Waals surface area contributed by atoms with Crippen molar-refractivity contribution in [2.24, 2.45) is 0 Å². The van der Waals surface area contributed by atoms with Gasteiger partial charge in [-0.2, -0.15) is 0 Å². The molecule has 2 rings (SSSR count). The number of hydrogen-bond acceptors (Lipinski definition) is 3. The molecule has 0 radical (unpaired) electrons. The molecule has 5 heteroatoms. The van der Waals surface area contributed by atoms with Crippen molar-refractivity contribution in [3.63, 3.8) is 0 Å². The third kappa shape index (κ3) is 7.14. The largest absolute Gasteiger partial charge is 0.399 e. The summed E-state index contributed by atoms with van der Waals surface area (Å²) in [4.78, 5) is 11.8. The standard InChI is InChI=1S/C17H26N2O2.ClH/c18-15-9-7-14(8-10-15)13-17(20)19-11-12-21-16-5-3-1-2-4-6-16;/h7-10,16H,1-6,11-13,18H2,(H,19,20);1H. The topological polar surface area (TPSA) is 64.4 Å². The molecule has 1 aromatic rings. The van der Waals surface area contributed by atoms with Crippen molar-refractivity contribution in [1.29, 1.82) is 0 Å². The fourth-order valence-corrected chi connectivity index (χ4v) is 2.71. The Bertz CT molecular complexity index is 429. The van der Waals surface area contributed by atoms with Gasteiger partial charge >= 0.3 is 0 Å². The van der Waals surface area contributed by atoms with Gasteiger partial charge in [-0.15, -0.1) is 12.4 Å². The van der Waals surface area contributed by atoms with E-state index < -0.39 is 0 Å². The molecule has 0 unspecified atom stereocenters. The number of nitrogens with two attached hydrogens (primary N) is 1. The van der Waals surface area contributed by atoms with Gasteiger partial charge in [-0.1, -0.05) is 37.8 Å². The van der Waals surface area contributed by atoms with E-state index in [9.17, 15) is 4.79 Å². The van der Waals surface area contributed by atoms with E-state index in [1.165, 1.54) is 38.5 Å². The van der Waals surface area contributed by atoms with E-state index in [0.717, 1.165) is 11.3 Å². The minimum atomic E-state index is 0. The third-order valence-electron chi connectivity index (χ3n) is 3.92. The van der Waals surface area contributed by atoms with E-state index in [0.29, 0.717) is 25.7 Å². The van der Waals surface area contributed by atoms with Crippen LogP contribution in [0.1, 0.15) is 44.1 Å². The van der Waals surface area contributed by atoms with Crippen LogP contribution < -0.4 is 11.1 Å². The molecule has 0 heterocycles. The summed E-state index contributed by atoms with van der Waals surface area (Å²) in [5, 5.41) is 2.91. The second kappa shape index (κ2) is 10.5. The number of nitrogens with one attached hydrogen (secondary N) is 1. The van der Waals surface area contributed by atoms with Gasteiger partial charge in [0.15, 0.2) is 0 Å². The van der Waals surface area contributed by atoms with Gasteiger partial charge in [0.1, 0.15) is 0 Å². The van der Waals surface area contributed by atoms with Gasteiger partial charge in [0.2, 0.25) is 5.91 Å². The molecular weight excluding hydrogens is 300 g/mol. The quantitative estimate of drug-likeness (QED) is 0.479. The normalized spacial score (nSPS) is 15.6. The molecule has 4 nitrogen and oxygen atoms in total. The number of halogens is 1. The van der Waals surface area contributed by atoms with Crippen molar-refractivity contribution in [2.75, 3.05) is 18.9 Å². The lowest BCUT2D eigenvalue weighted by molar-refractivity contribution is -0.120. The molecule has 1 saturated carbocycles. The van der Waals surface area contributed by atoms with Crippen LogP contribution in [0, 0.1) is 0 Å². The van der Waals surface area contributed by atoms with Gasteiger partial charge < -0.3 is 15.8 Å². The van der Waals surface area contributed by atoms with Crippen LogP contribution in [0.25, 0.3) is 0 Å². The van der Waals surface area contributed by atoms with Crippen LogP contribution in [0.15, 0.2) is 24.3 Å². The Morgan fingerprint density at radius 1 is 1.14 bits per heavy atom. The number of nitrogen functional groups attached to an aromatic ring is 1. The highest BCUT2D eigenvalue weighted by Crippen LogP contribution is 2.19. The average molecular weight is 327 g/mol. The first-order chi connectivity index (χ1) is 10.2. The van der Waals surface area contributed by atoms with Crippen LogP contribution in [0.2, 0.25) is 0 Å². The fraction of sp³-hybridized carbons (Fsp3) is 0.588. The molecule has 0 atom stereocenters. The molecule has 1 amide bonds. The highest BCUT2D eigenvalue weighted by Gasteiger charge is 2.12. The maximum absolute atomic E-state index is 11.8. The lowest BCUT2D eigenvalue weighted by atomic mass is 10.1. The molecule has 0 aromatic heterocycles. The average Bonchev–Trinajstić information content (AvgIpc) is 2.75. The Balaban J connectivity index is 0.00000242. The highest BCUT2D eigenvalue weighted by molar-refractivity contribution is 5.85. The molecule has 22 heavy (non-hydrogen) atoms. The zero-order valence-corrected chi connectivity index (χ0v) is 13.9. The van der Waals surface area contributed by atoms with Crippen LogP contribution in [0.5, 0.6) is 0 Å². The summed E-state index contributed by atoms with van der Waals surface area (Å²) in [6, 6.07) is 7.41. The first-order valence-corrected chi connectivity index (χ1v) is 7.97. The number of hydrogen-bond donors (Lipinski definition) is 2. The lowest BCUT2D eigenvalue weighted by Gasteiger charge is -2.15. The molecule has 0 aliphatic heterocycles. The predicted octanol–water partition coefficient (Wildman–Crippen LogP) is 3.09. The maximum atomic E-state index is 11.8. The van der Waals surface area contributed by atoms with Crippen molar-refractivity contribution < 1.29 is 9.53 Å². The van der Waals surface area contributed by atoms with Crippen LogP contribution >= 0.6 is 12.4 Å². The molecule has 0 spiro atoms. The van der Waals surface area contributed by atoms with Crippen LogP contribution in [-0.2, 0) is 16.0 Å². The van der Waals surface area contributed by atoms with E-state index in [1.807, 2.05) is 24.3 Å². The van der Waals surface area contributed by atoms with Crippen LogP contribution in [-0.4, -0.2) is 25.2 Å². The fourth-order valence-electron chi connectivity index (χ4n) is 2.71. The van der Waals surface area contributed by atoms with Gasteiger partial charge in [-0.05, 0) is 30.5 Å². The van der Waals surface area contributed by atoms with Gasteiger partial charge in [0.05, 0.1) is 19.1 Å². The van der Waals surface area contributed by atoms with Crippen molar-refractivity contribution >= 4 is 24.0 Å². The minimum Gasteiger partial charge on any atom is -0.399 e. The Hall–Kier alpha value is -1.26. The number of benzene rings is 1. The van der Waals surface area contributed by atoms with E-state index in [-0.39, 0.29) is 18.3 Å². The summed E-state index contributed by atoms with van der Waals surface area (Å²) in [5.41, 5.74) is 7.32. The van der Waals surface area contributed by atoms with Crippen LogP contribution in [0.4, 0.5) is 5.69 Å². The first kappa shape index (κ1) is 18.8. The Kier molecular flexibility index (Phi) is 8.94. The summed E-state index contributed by atoms with van der Waals surface area (Å²) in [7, 11) is 0. The number of carbonyl (C=O) groups excluding carboxylic acids is 1. The summed E-state index contributed by atoms with van der Waals surface area (Å²) in [5.74, 6) is 0.0317. The van der Waals surface area contributed by atoms with Gasteiger partial charge in [0.25, 0.3) is 0 Å². The highest BCUT2D eigenvalue weighted by atomic mass is 35.5. The van der Waals surface area contributed by atoms with Crippen molar-refractivity contribution in [2.45, 2.75) is 51.0 Å². The van der Waals surface area contributed by atoms with Gasteiger partial charge in [0, 0.05) is 12.2 Å².